The van der Waals surface area contributed by atoms with Crippen LogP contribution in [0.2, 0.25) is 10.0 Å². The van der Waals surface area contributed by atoms with Gasteiger partial charge in [0.1, 0.15) is 5.76 Å². The molecule has 1 N–H and O–H groups in total. The molecule has 0 saturated heterocycles. The molecule has 10 heteroatoms. The lowest BCUT2D eigenvalue weighted by atomic mass is 10.1. The summed E-state index contributed by atoms with van der Waals surface area (Å²) in [7, 11) is 0. The van der Waals surface area contributed by atoms with Gasteiger partial charge in [0.05, 0.1) is 10.6 Å². The molecule has 0 aliphatic rings. The van der Waals surface area contributed by atoms with E-state index in [4.69, 9.17) is 27.6 Å². The Kier molecular flexibility index (Phi) is 6.28. The van der Waals surface area contributed by atoms with E-state index in [2.05, 4.69) is 10.3 Å². The van der Waals surface area contributed by atoms with Gasteiger partial charge in [0.2, 0.25) is 0 Å². The van der Waals surface area contributed by atoms with Gasteiger partial charge < -0.3 is 4.42 Å². The third-order valence-corrected chi connectivity index (χ3v) is 5.91. The number of alkyl halides is 3. The van der Waals surface area contributed by atoms with Gasteiger partial charge in [-0.3, -0.25) is 10.1 Å². The molecule has 0 saturated carbocycles. The summed E-state index contributed by atoms with van der Waals surface area (Å²) < 4.78 is 44.3. The van der Waals surface area contributed by atoms with Gasteiger partial charge in [0.25, 0.3) is 5.91 Å². The summed E-state index contributed by atoms with van der Waals surface area (Å²) in [4.78, 5) is 17.3. The fraction of sp³-hybridized carbons (Fsp3) is 0.0909. The van der Waals surface area contributed by atoms with Crippen molar-refractivity contribution in [3.63, 3.8) is 0 Å². The van der Waals surface area contributed by atoms with Gasteiger partial charge in [0, 0.05) is 28.1 Å². The Morgan fingerprint density at radius 1 is 1.09 bits per heavy atom. The molecule has 0 fully saturated rings. The maximum Gasteiger partial charge on any atom is 0.416 e. The van der Waals surface area contributed by atoms with E-state index >= 15 is 0 Å². The summed E-state index contributed by atoms with van der Waals surface area (Å²) in [6, 6.07) is 13.1. The lowest BCUT2D eigenvalue weighted by Crippen LogP contribution is -2.10. The predicted molar refractivity (Wildman–Crippen MR) is 118 cm³/mol. The van der Waals surface area contributed by atoms with Crippen molar-refractivity contribution in [2.75, 3.05) is 5.32 Å². The number of nitrogens with one attached hydrogen (secondary N) is 1. The molecule has 164 valence electrons. The van der Waals surface area contributed by atoms with Gasteiger partial charge >= 0.3 is 6.18 Å². The first kappa shape index (κ1) is 22.4. The Balaban J connectivity index is 1.45. The Morgan fingerprint density at radius 2 is 1.91 bits per heavy atom. The number of halogens is 5. The molecular formula is C22H13Cl2F3N2O2S. The van der Waals surface area contributed by atoms with E-state index < -0.39 is 17.6 Å². The molecule has 0 aliphatic carbocycles. The third kappa shape index (κ3) is 5.15. The second-order valence-corrected chi connectivity index (χ2v) is 8.71. The highest BCUT2D eigenvalue weighted by Crippen LogP contribution is 2.33. The maximum absolute atomic E-state index is 12.9. The summed E-state index contributed by atoms with van der Waals surface area (Å²) >= 11 is 13.3. The van der Waals surface area contributed by atoms with Crippen LogP contribution in [0, 0.1) is 0 Å². The lowest BCUT2D eigenvalue weighted by molar-refractivity contribution is -0.137. The molecule has 1 amide bonds. The predicted octanol–water partition coefficient (Wildman–Crippen LogP) is 7.57. The Hall–Kier alpha value is -2.81. The van der Waals surface area contributed by atoms with Gasteiger partial charge in [-0.15, -0.1) is 11.3 Å². The molecule has 32 heavy (non-hydrogen) atoms. The number of thiazole rings is 1. The Labute approximate surface area is 194 Å². The maximum atomic E-state index is 12.9. The van der Waals surface area contributed by atoms with E-state index in [1.54, 1.807) is 30.3 Å². The Bertz CT molecular complexity index is 1280. The van der Waals surface area contributed by atoms with Crippen LogP contribution in [0.4, 0.5) is 18.3 Å². The largest absolute Gasteiger partial charge is 0.451 e. The minimum absolute atomic E-state index is 0.0469. The van der Waals surface area contributed by atoms with Crippen molar-refractivity contribution in [3.8, 4) is 11.3 Å². The average Bonchev–Trinajstić information content (AvgIpc) is 3.39. The number of benzene rings is 2. The highest BCUT2D eigenvalue weighted by atomic mass is 35.5. The number of furan rings is 1. The van der Waals surface area contributed by atoms with Crippen molar-refractivity contribution in [1.82, 2.24) is 4.98 Å². The van der Waals surface area contributed by atoms with E-state index in [-0.39, 0.29) is 12.2 Å². The summed E-state index contributed by atoms with van der Waals surface area (Å²) in [5, 5.41) is 3.83. The Morgan fingerprint density at radius 3 is 2.69 bits per heavy atom. The number of nitrogens with zero attached hydrogens (tertiary/aromatic N) is 1. The van der Waals surface area contributed by atoms with Crippen molar-refractivity contribution in [2.24, 2.45) is 0 Å². The fourth-order valence-corrected chi connectivity index (χ4v) is 4.18. The summed E-state index contributed by atoms with van der Waals surface area (Å²) in [6.45, 7) is 0. The van der Waals surface area contributed by atoms with Crippen LogP contribution in [0.25, 0.3) is 11.3 Å². The van der Waals surface area contributed by atoms with Crippen LogP contribution in [0.3, 0.4) is 0 Å². The van der Waals surface area contributed by atoms with Gasteiger partial charge in [-0.1, -0.05) is 41.4 Å². The number of hydrogen-bond donors (Lipinski definition) is 1. The highest BCUT2D eigenvalue weighted by molar-refractivity contribution is 7.15. The van der Waals surface area contributed by atoms with Crippen molar-refractivity contribution >= 4 is 45.6 Å². The van der Waals surface area contributed by atoms with Crippen LogP contribution in [-0.4, -0.2) is 10.9 Å². The summed E-state index contributed by atoms with van der Waals surface area (Å²) in [6.07, 6.45) is -2.63. The zero-order valence-electron chi connectivity index (χ0n) is 16.0. The van der Waals surface area contributed by atoms with Crippen LogP contribution in [-0.2, 0) is 12.6 Å². The normalized spacial score (nSPS) is 11.5. The van der Waals surface area contributed by atoms with Gasteiger partial charge in [0.15, 0.2) is 10.9 Å². The van der Waals surface area contributed by atoms with Crippen LogP contribution in [0.5, 0.6) is 0 Å². The van der Waals surface area contributed by atoms with Crippen LogP contribution < -0.4 is 5.32 Å². The summed E-state index contributed by atoms with van der Waals surface area (Å²) in [5.41, 5.74) is 0.340. The lowest BCUT2D eigenvalue weighted by Gasteiger charge is -2.07. The van der Waals surface area contributed by atoms with E-state index in [0.717, 1.165) is 12.1 Å². The highest BCUT2D eigenvalue weighted by Gasteiger charge is 2.30. The average molecular weight is 497 g/mol. The molecule has 4 rings (SSSR count). The smallest absolute Gasteiger partial charge is 0.416 e. The molecule has 4 nitrogen and oxygen atoms in total. The number of rotatable bonds is 5. The second kappa shape index (κ2) is 8.97. The minimum atomic E-state index is -4.40. The zero-order valence-corrected chi connectivity index (χ0v) is 18.4. The first-order valence-corrected chi connectivity index (χ1v) is 10.7. The number of amides is 1. The number of anilines is 1. The first-order chi connectivity index (χ1) is 15.2. The van der Waals surface area contributed by atoms with Gasteiger partial charge in [-0.05, 0) is 42.0 Å². The van der Waals surface area contributed by atoms with E-state index in [0.29, 0.717) is 36.9 Å². The standard InChI is InChI=1S/C22H13Cl2F3N2O2S/c23-14-4-5-17(24)16(10-14)18-6-7-19(31-18)20(30)29-21-28-11-15(32-21)9-12-2-1-3-13(8-12)22(25,26)27/h1-8,10-11H,9H2,(H,28,29,30). The van der Waals surface area contributed by atoms with E-state index in [1.807, 2.05) is 0 Å². The first-order valence-electron chi connectivity index (χ1n) is 9.16. The van der Waals surface area contributed by atoms with Crippen molar-refractivity contribution < 1.29 is 22.4 Å². The molecule has 0 unspecified atom stereocenters. The molecule has 0 aliphatic heterocycles. The molecule has 2 aromatic carbocycles. The van der Waals surface area contributed by atoms with Crippen LogP contribution in [0.1, 0.15) is 26.6 Å². The van der Waals surface area contributed by atoms with Crippen molar-refractivity contribution in [2.45, 2.75) is 12.6 Å². The molecule has 2 aromatic heterocycles. The SMILES string of the molecule is O=C(Nc1ncc(Cc2cccc(C(F)(F)F)c2)s1)c1ccc(-c2cc(Cl)ccc2Cl)o1. The van der Waals surface area contributed by atoms with E-state index in [9.17, 15) is 18.0 Å². The quantitative estimate of drug-likeness (QED) is 0.309. The van der Waals surface area contributed by atoms with Crippen molar-refractivity contribution in [1.29, 1.82) is 0 Å². The molecule has 0 radical (unpaired) electrons. The number of carbonyl (C=O) groups excluding carboxylic acids is 1. The number of hydrogen-bond acceptors (Lipinski definition) is 4. The number of carbonyl (C=O) groups is 1. The topological polar surface area (TPSA) is 55.1 Å². The molecule has 4 aromatic rings. The van der Waals surface area contributed by atoms with E-state index in [1.165, 1.54) is 29.7 Å². The monoisotopic (exact) mass is 496 g/mol. The third-order valence-electron chi connectivity index (χ3n) is 4.43. The van der Waals surface area contributed by atoms with Gasteiger partial charge in [-0.2, -0.15) is 13.2 Å². The van der Waals surface area contributed by atoms with Crippen molar-refractivity contribution in [3.05, 3.63) is 92.6 Å². The van der Waals surface area contributed by atoms with Crippen LogP contribution >= 0.6 is 34.5 Å². The second-order valence-electron chi connectivity index (χ2n) is 6.75. The molecule has 2 heterocycles. The molecule has 0 atom stereocenters. The fourth-order valence-electron chi connectivity index (χ4n) is 2.96. The number of aromatic nitrogens is 1. The zero-order chi connectivity index (χ0) is 22.9. The van der Waals surface area contributed by atoms with Crippen LogP contribution in [0.15, 0.2) is 65.2 Å². The van der Waals surface area contributed by atoms with Gasteiger partial charge in [-0.25, -0.2) is 4.98 Å². The molecule has 0 spiro atoms. The molecule has 0 bridgehead atoms. The molecular weight excluding hydrogens is 484 g/mol. The summed E-state index contributed by atoms with van der Waals surface area (Å²) in [5.74, 6) is -0.0907. The minimum Gasteiger partial charge on any atom is -0.451 e.